The SMILES string of the molecule is O=C(Nc1cccc(-c2nc3cc(Cl)ccc3o2)c1)c1c(F)c(F)c(F)c(F)c1F. The normalized spacial score (nSPS) is 11.1. The summed E-state index contributed by atoms with van der Waals surface area (Å²) in [6.07, 6.45) is 0. The van der Waals surface area contributed by atoms with Gasteiger partial charge in [-0.3, -0.25) is 4.79 Å². The number of fused-ring (bicyclic) bond motifs is 1. The third-order valence-electron chi connectivity index (χ3n) is 4.15. The van der Waals surface area contributed by atoms with Gasteiger partial charge in [0.15, 0.2) is 28.9 Å². The van der Waals surface area contributed by atoms with E-state index in [9.17, 15) is 26.7 Å². The van der Waals surface area contributed by atoms with Gasteiger partial charge in [0.1, 0.15) is 11.1 Å². The molecule has 0 aliphatic rings. The van der Waals surface area contributed by atoms with Gasteiger partial charge < -0.3 is 9.73 Å². The second kappa shape index (κ2) is 7.42. The lowest BCUT2D eigenvalue weighted by atomic mass is 10.1. The number of rotatable bonds is 3. The van der Waals surface area contributed by atoms with Crippen molar-refractivity contribution >= 4 is 34.3 Å². The van der Waals surface area contributed by atoms with E-state index in [4.69, 9.17) is 16.0 Å². The highest BCUT2D eigenvalue weighted by atomic mass is 35.5. The summed E-state index contributed by atoms with van der Waals surface area (Å²) in [6, 6.07) is 10.6. The van der Waals surface area contributed by atoms with Crippen molar-refractivity contribution < 1.29 is 31.2 Å². The van der Waals surface area contributed by atoms with E-state index in [1.165, 1.54) is 18.2 Å². The van der Waals surface area contributed by atoms with Crippen molar-refractivity contribution in [1.82, 2.24) is 4.98 Å². The Kier molecular flexibility index (Phi) is 4.90. The van der Waals surface area contributed by atoms with Crippen LogP contribution < -0.4 is 5.32 Å². The number of carbonyl (C=O) groups is 1. The molecule has 1 amide bonds. The molecule has 0 bridgehead atoms. The maximum atomic E-state index is 13.8. The van der Waals surface area contributed by atoms with E-state index in [1.54, 1.807) is 24.3 Å². The van der Waals surface area contributed by atoms with Crippen molar-refractivity contribution in [3.8, 4) is 11.5 Å². The molecule has 4 nitrogen and oxygen atoms in total. The third kappa shape index (κ3) is 3.37. The highest BCUT2D eigenvalue weighted by Crippen LogP contribution is 2.29. The fourth-order valence-electron chi connectivity index (χ4n) is 2.75. The number of hydrogen-bond acceptors (Lipinski definition) is 3. The Morgan fingerprint density at radius 1 is 0.900 bits per heavy atom. The molecular weight excluding hydrogens is 431 g/mol. The highest BCUT2D eigenvalue weighted by Gasteiger charge is 2.29. The molecule has 1 aromatic heterocycles. The largest absolute Gasteiger partial charge is 0.436 e. The van der Waals surface area contributed by atoms with Crippen LogP contribution in [0.1, 0.15) is 10.4 Å². The van der Waals surface area contributed by atoms with Crippen LogP contribution in [0.25, 0.3) is 22.6 Å². The van der Waals surface area contributed by atoms with Gasteiger partial charge in [-0.05, 0) is 36.4 Å². The molecule has 10 heteroatoms. The summed E-state index contributed by atoms with van der Waals surface area (Å²) in [5, 5.41) is 2.55. The van der Waals surface area contributed by atoms with Crippen molar-refractivity contribution in [2.45, 2.75) is 0 Å². The summed E-state index contributed by atoms with van der Waals surface area (Å²) < 4.78 is 73.1. The fraction of sp³-hybridized carbons (Fsp3) is 0. The van der Waals surface area contributed by atoms with Crippen molar-refractivity contribution in [1.29, 1.82) is 0 Å². The van der Waals surface area contributed by atoms with Gasteiger partial charge in [0.05, 0.1) is 0 Å². The number of oxazole rings is 1. The zero-order valence-corrected chi connectivity index (χ0v) is 15.3. The summed E-state index contributed by atoms with van der Waals surface area (Å²) in [5.74, 6) is -12.6. The number of carbonyl (C=O) groups excluding carboxylic acids is 1. The van der Waals surface area contributed by atoms with Crippen LogP contribution in [0.2, 0.25) is 5.02 Å². The van der Waals surface area contributed by atoms with E-state index < -0.39 is 40.6 Å². The second-order valence-corrected chi connectivity index (χ2v) is 6.55. The van der Waals surface area contributed by atoms with Gasteiger partial charge in [-0.1, -0.05) is 17.7 Å². The van der Waals surface area contributed by atoms with E-state index in [0.717, 1.165) is 0 Å². The number of benzene rings is 3. The minimum Gasteiger partial charge on any atom is -0.436 e. The second-order valence-electron chi connectivity index (χ2n) is 6.11. The molecule has 3 aromatic carbocycles. The predicted molar refractivity (Wildman–Crippen MR) is 98.6 cm³/mol. The lowest BCUT2D eigenvalue weighted by Gasteiger charge is -2.09. The molecule has 0 fully saturated rings. The fourth-order valence-corrected chi connectivity index (χ4v) is 2.92. The molecule has 0 spiro atoms. The average molecular weight is 439 g/mol. The number of nitrogens with one attached hydrogen (secondary N) is 1. The van der Waals surface area contributed by atoms with E-state index in [1.807, 2.05) is 0 Å². The molecule has 30 heavy (non-hydrogen) atoms. The van der Waals surface area contributed by atoms with Crippen LogP contribution in [0.5, 0.6) is 0 Å². The zero-order chi connectivity index (χ0) is 21.6. The van der Waals surface area contributed by atoms with Crippen LogP contribution in [-0.2, 0) is 0 Å². The molecule has 0 aliphatic heterocycles. The van der Waals surface area contributed by atoms with E-state index in [-0.39, 0.29) is 11.6 Å². The molecule has 0 saturated carbocycles. The Labute approximate surface area is 169 Å². The summed E-state index contributed by atoms with van der Waals surface area (Å²) in [4.78, 5) is 16.5. The molecule has 1 heterocycles. The average Bonchev–Trinajstić information content (AvgIpc) is 3.14. The van der Waals surface area contributed by atoms with Gasteiger partial charge in [0.2, 0.25) is 11.7 Å². The number of anilines is 1. The first kappa shape index (κ1) is 19.8. The molecule has 4 rings (SSSR count). The number of hydrogen-bond donors (Lipinski definition) is 1. The Balaban J connectivity index is 1.68. The van der Waals surface area contributed by atoms with E-state index in [0.29, 0.717) is 21.7 Å². The van der Waals surface area contributed by atoms with Crippen LogP contribution in [0.3, 0.4) is 0 Å². The predicted octanol–water partition coefficient (Wildman–Crippen LogP) is 6.10. The lowest BCUT2D eigenvalue weighted by Crippen LogP contribution is -2.19. The molecule has 0 aliphatic carbocycles. The van der Waals surface area contributed by atoms with Crippen molar-refractivity contribution in [3.63, 3.8) is 0 Å². The quantitative estimate of drug-likeness (QED) is 0.239. The number of halogens is 6. The van der Waals surface area contributed by atoms with E-state index in [2.05, 4.69) is 10.3 Å². The van der Waals surface area contributed by atoms with Crippen LogP contribution in [0, 0.1) is 29.1 Å². The maximum Gasteiger partial charge on any atom is 0.261 e. The van der Waals surface area contributed by atoms with Gasteiger partial charge in [-0.25, -0.2) is 26.9 Å². The third-order valence-corrected chi connectivity index (χ3v) is 4.39. The molecule has 4 aromatic rings. The minimum atomic E-state index is -2.35. The monoisotopic (exact) mass is 438 g/mol. The summed E-state index contributed by atoms with van der Waals surface area (Å²) >= 11 is 5.90. The van der Waals surface area contributed by atoms with Crippen molar-refractivity contribution in [2.75, 3.05) is 5.32 Å². The minimum absolute atomic E-state index is 0.0155. The van der Waals surface area contributed by atoms with Gasteiger partial charge in [0.25, 0.3) is 5.91 Å². The molecular formula is C20H8ClF5N2O2. The van der Waals surface area contributed by atoms with Crippen LogP contribution in [0.15, 0.2) is 46.9 Å². The molecule has 0 atom stereocenters. The topological polar surface area (TPSA) is 55.1 Å². The van der Waals surface area contributed by atoms with Gasteiger partial charge in [-0.15, -0.1) is 0 Å². The molecule has 0 saturated heterocycles. The maximum absolute atomic E-state index is 13.8. The van der Waals surface area contributed by atoms with Crippen LogP contribution in [0.4, 0.5) is 27.6 Å². The first-order chi connectivity index (χ1) is 14.3. The van der Waals surface area contributed by atoms with E-state index >= 15 is 0 Å². The number of aromatic nitrogens is 1. The summed E-state index contributed by atoms with van der Waals surface area (Å²) in [5.41, 5.74) is -0.258. The summed E-state index contributed by atoms with van der Waals surface area (Å²) in [6.45, 7) is 0. The van der Waals surface area contributed by atoms with Crippen molar-refractivity contribution in [3.05, 3.63) is 82.1 Å². The Hall–Kier alpha value is -3.46. The molecule has 1 N–H and O–H groups in total. The standard InChI is InChI=1S/C20H8ClF5N2O2/c21-9-4-5-12-11(7-9)28-20(30-12)8-2-1-3-10(6-8)27-19(29)13-14(22)16(24)18(26)17(25)15(13)23/h1-7H,(H,27,29). The lowest BCUT2D eigenvalue weighted by molar-refractivity contribution is 0.101. The number of amides is 1. The molecule has 0 unspecified atom stereocenters. The molecule has 152 valence electrons. The Morgan fingerprint density at radius 3 is 2.27 bits per heavy atom. The van der Waals surface area contributed by atoms with Crippen LogP contribution in [-0.4, -0.2) is 10.9 Å². The zero-order valence-electron chi connectivity index (χ0n) is 14.6. The highest BCUT2D eigenvalue weighted by molar-refractivity contribution is 6.31. The van der Waals surface area contributed by atoms with Gasteiger partial charge >= 0.3 is 0 Å². The first-order valence-electron chi connectivity index (χ1n) is 8.25. The van der Waals surface area contributed by atoms with Gasteiger partial charge in [-0.2, -0.15) is 0 Å². The Morgan fingerprint density at radius 2 is 1.57 bits per heavy atom. The number of nitrogens with zero attached hydrogens (tertiary/aromatic N) is 1. The summed E-state index contributed by atoms with van der Waals surface area (Å²) in [7, 11) is 0. The van der Waals surface area contributed by atoms with Crippen molar-refractivity contribution in [2.24, 2.45) is 0 Å². The smallest absolute Gasteiger partial charge is 0.261 e. The Bertz CT molecular complexity index is 1290. The molecule has 0 radical (unpaired) electrons. The van der Waals surface area contributed by atoms with Gasteiger partial charge in [0, 0.05) is 16.3 Å². The first-order valence-corrected chi connectivity index (χ1v) is 8.63. The van der Waals surface area contributed by atoms with Crippen LogP contribution >= 0.6 is 11.6 Å².